The van der Waals surface area contributed by atoms with Gasteiger partial charge in [0.2, 0.25) is 0 Å². The maximum absolute atomic E-state index is 11.4. The van der Waals surface area contributed by atoms with Crippen LogP contribution in [0.1, 0.15) is 11.5 Å². The predicted molar refractivity (Wildman–Crippen MR) is 49.7 cm³/mol. The molecule has 1 heterocycles. The van der Waals surface area contributed by atoms with E-state index >= 15 is 0 Å². The fraction of sp³-hybridized carbons (Fsp3) is 0.100. The Morgan fingerprint density at radius 2 is 2.29 bits per heavy atom. The summed E-state index contributed by atoms with van der Waals surface area (Å²) in [5.41, 5.74) is 0.340. The fourth-order valence-corrected chi connectivity index (χ4v) is 1.29. The molecular weight excluding hydrogens is 180 g/mol. The standard InChI is InChI=1S/C10H6N2O2/c1-6-12-9-7(5-11)3-2-4-8(9)10(13)14-6/h2-4H,1H3. The van der Waals surface area contributed by atoms with Crippen molar-refractivity contribution in [1.29, 1.82) is 5.26 Å². The Hall–Kier alpha value is -2.15. The molecule has 4 heteroatoms. The normalized spacial score (nSPS) is 10.0. The van der Waals surface area contributed by atoms with Gasteiger partial charge in [0.25, 0.3) is 0 Å². The first-order valence-electron chi connectivity index (χ1n) is 4.03. The minimum Gasteiger partial charge on any atom is -0.408 e. The largest absolute Gasteiger partial charge is 0.408 e. The number of rotatable bonds is 0. The number of hydrogen-bond acceptors (Lipinski definition) is 4. The molecule has 0 bridgehead atoms. The van der Waals surface area contributed by atoms with Gasteiger partial charge in [-0.2, -0.15) is 5.26 Å². The molecular formula is C10H6N2O2. The van der Waals surface area contributed by atoms with Crippen LogP contribution in [0.25, 0.3) is 10.9 Å². The molecule has 2 aromatic rings. The first-order chi connectivity index (χ1) is 6.72. The summed E-state index contributed by atoms with van der Waals surface area (Å²) in [5.74, 6) is 0.269. The molecule has 0 spiro atoms. The highest BCUT2D eigenvalue weighted by Crippen LogP contribution is 2.12. The van der Waals surface area contributed by atoms with Crippen LogP contribution in [0.2, 0.25) is 0 Å². The molecule has 1 aromatic carbocycles. The summed E-state index contributed by atoms with van der Waals surface area (Å²) >= 11 is 0. The predicted octanol–water partition coefficient (Wildman–Crippen LogP) is 1.37. The second kappa shape index (κ2) is 2.96. The molecule has 0 atom stereocenters. The summed E-state index contributed by atoms with van der Waals surface area (Å²) in [4.78, 5) is 15.4. The quantitative estimate of drug-likeness (QED) is 0.623. The first kappa shape index (κ1) is 8.45. The summed E-state index contributed by atoms with van der Waals surface area (Å²) in [6.07, 6.45) is 0. The first-order valence-corrected chi connectivity index (χ1v) is 4.03. The lowest BCUT2D eigenvalue weighted by Gasteiger charge is -1.97. The number of hydrogen-bond donors (Lipinski definition) is 0. The Morgan fingerprint density at radius 1 is 1.50 bits per heavy atom. The zero-order valence-corrected chi connectivity index (χ0v) is 7.44. The van der Waals surface area contributed by atoms with Crippen LogP contribution in [0.3, 0.4) is 0 Å². The maximum atomic E-state index is 11.4. The van der Waals surface area contributed by atoms with Gasteiger partial charge in [0.05, 0.1) is 16.5 Å². The van der Waals surface area contributed by atoms with E-state index in [1.807, 2.05) is 6.07 Å². The Kier molecular flexibility index (Phi) is 1.79. The molecule has 0 aliphatic heterocycles. The molecule has 0 amide bonds. The molecule has 14 heavy (non-hydrogen) atoms. The van der Waals surface area contributed by atoms with Crippen LogP contribution >= 0.6 is 0 Å². The van der Waals surface area contributed by atoms with Crippen molar-refractivity contribution in [3.63, 3.8) is 0 Å². The molecule has 0 N–H and O–H groups in total. The van der Waals surface area contributed by atoms with Crippen LogP contribution < -0.4 is 5.63 Å². The van der Waals surface area contributed by atoms with Crippen molar-refractivity contribution in [2.24, 2.45) is 0 Å². The second-order valence-corrected chi connectivity index (χ2v) is 2.83. The number of nitrogens with zero attached hydrogens (tertiary/aromatic N) is 2. The molecule has 0 aliphatic carbocycles. The molecule has 0 unspecified atom stereocenters. The van der Waals surface area contributed by atoms with E-state index in [1.54, 1.807) is 25.1 Å². The Morgan fingerprint density at radius 3 is 3.00 bits per heavy atom. The monoisotopic (exact) mass is 186 g/mol. The van der Waals surface area contributed by atoms with Gasteiger partial charge < -0.3 is 4.42 Å². The Labute approximate surface area is 79.4 Å². The number of fused-ring (bicyclic) bond motifs is 1. The van der Waals surface area contributed by atoms with Gasteiger partial charge in [-0.15, -0.1) is 0 Å². The van der Waals surface area contributed by atoms with E-state index in [4.69, 9.17) is 9.68 Å². The zero-order valence-electron chi connectivity index (χ0n) is 7.44. The van der Waals surface area contributed by atoms with Crippen LogP contribution in [-0.4, -0.2) is 4.98 Å². The molecule has 1 aromatic heterocycles. The zero-order chi connectivity index (χ0) is 10.1. The van der Waals surface area contributed by atoms with E-state index in [-0.39, 0.29) is 5.89 Å². The number of para-hydroxylation sites is 1. The van der Waals surface area contributed by atoms with Gasteiger partial charge in [-0.25, -0.2) is 9.78 Å². The van der Waals surface area contributed by atoms with Crippen molar-refractivity contribution >= 4 is 10.9 Å². The summed E-state index contributed by atoms with van der Waals surface area (Å²) in [6.45, 7) is 1.58. The molecule has 0 saturated carbocycles. The lowest BCUT2D eigenvalue weighted by atomic mass is 10.1. The lowest BCUT2D eigenvalue weighted by molar-refractivity contribution is 0.467. The maximum Gasteiger partial charge on any atom is 0.346 e. The van der Waals surface area contributed by atoms with Gasteiger partial charge in [0, 0.05) is 6.92 Å². The third-order valence-electron chi connectivity index (χ3n) is 1.89. The van der Waals surface area contributed by atoms with Gasteiger partial charge >= 0.3 is 5.63 Å². The van der Waals surface area contributed by atoms with E-state index < -0.39 is 5.63 Å². The summed E-state index contributed by atoms with van der Waals surface area (Å²) < 4.78 is 4.81. The van der Waals surface area contributed by atoms with E-state index in [9.17, 15) is 4.79 Å². The molecule has 4 nitrogen and oxygen atoms in total. The SMILES string of the molecule is Cc1nc2c(C#N)cccc2c(=O)o1. The third kappa shape index (κ3) is 1.15. The van der Waals surface area contributed by atoms with E-state index in [0.29, 0.717) is 16.5 Å². The highest BCUT2D eigenvalue weighted by molar-refractivity contribution is 5.82. The summed E-state index contributed by atoms with van der Waals surface area (Å²) in [6, 6.07) is 6.83. The minimum atomic E-state index is -0.454. The lowest BCUT2D eigenvalue weighted by Crippen LogP contribution is -2.03. The average Bonchev–Trinajstić information content (AvgIpc) is 2.17. The smallest absolute Gasteiger partial charge is 0.346 e. The van der Waals surface area contributed by atoms with Crippen molar-refractivity contribution < 1.29 is 4.42 Å². The molecule has 0 saturated heterocycles. The molecule has 0 radical (unpaired) electrons. The van der Waals surface area contributed by atoms with Crippen molar-refractivity contribution in [1.82, 2.24) is 4.98 Å². The van der Waals surface area contributed by atoms with Crippen molar-refractivity contribution in [2.45, 2.75) is 6.92 Å². The molecule has 0 fully saturated rings. The third-order valence-corrected chi connectivity index (χ3v) is 1.89. The second-order valence-electron chi connectivity index (χ2n) is 2.83. The van der Waals surface area contributed by atoms with E-state index in [2.05, 4.69) is 4.98 Å². The molecule has 0 aliphatic rings. The van der Waals surface area contributed by atoms with Crippen molar-refractivity contribution in [3.8, 4) is 6.07 Å². The highest BCUT2D eigenvalue weighted by Gasteiger charge is 2.06. The van der Waals surface area contributed by atoms with Crippen molar-refractivity contribution in [2.75, 3.05) is 0 Å². The molecule has 2 rings (SSSR count). The van der Waals surface area contributed by atoms with Crippen molar-refractivity contribution in [3.05, 3.63) is 40.1 Å². The fourth-order valence-electron chi connectivity index (χ4n) is 1.29. The number of nitriles is 1. The van der Waals surface area contributed by atoms with Crippen LogP contribution in [0, 0.1) is 18.3 Å². The average molecular weight is 186 g/mol. The number of aryl methyl sites for hydroxylation is 1. The van der Waals surface area contributed by atoms with E-state index in [0.717, 1.165) is 0 Å². The van der Waals surface area contributed by atoms with Gasteiger partial charge in [0.15, 0.2) is 5.89 Å². The van der Waals surface area contributed by atoms with Crippen LogP contribution in [-0.2, 0) is 0 Å². The summed E-state index contributed by atoms with van der Waals surface area (Å²) in [5, 5.41) is 9.14. The van der Waals surface area contributed by atoms with Gasteiger partial charge in [-0.05, 0) is 12.1 Å². The number of aromatic nitrogens is 1. The highest BCUT2D eigenvalue weighted by atomic mass is 16.4. The van der Waals surface area contributed by atoms with Crippen LogP contribution in [0.4, 0.5) is 0 Å². The van der Waals surface area contributed by atoms with Gasteiger partial charge in [-0.1, -0.05) is 6.07 Å². The van der Waals surface area contributed by atoms with Gasteiger partial charge in [-0.3, -0.25) is 0 Å². The van der Waals surface area contributed by atoms with Crippen LogP contribution in [0.5, 0.6) is 0 Å². The summed E-state index contributed by atoms with van der Waals surface area (Å²) in [7, 11) is 0. The minimum absolute atomic E-state index is 0.269. The molecule has 68 valence electrons. The topological polar surface area (TPSA) is 66.9 Å². The Bertz CT molecular complexity index is 593. The van der Waals surface area contributed by atoms with Gasteiger partial charge in [0.1, 0.15) is 6.07 Å². The number of benzene rings is 1. The van der Waals surface area contributed by atoms with E-state index in [1.165, 1.54) is 0 Å². The Balaban J connectivity index is 3.03. The van der Waals surface area contributed by atoms with Crippen LogP contribution in [0.15, 0.2) is 27.4 Å².